The van der Waals surface area contributed by atoms with Crippen LogP contribution < -0.4 is 24.8 Å². The summed E-state index contributed by atoms with van der Waals surface area (Å²) in [5.41, 5.74) is 4.39. The average Bonchev–Trinajstić information content (AvgIpc) is 3.64. The van der Waals surface area contributed by atoms with Gasteiger partial charge in [0, 0.05) is 57.3 Å². The summed E-state index contributed by atoms with van der Waals surface area (Å²) < 4.78 is 5.75. The quantitative estimate of drug-likeness (QED) is 0.399. The summed E-state index contributed by atoms with van der Waals surface area (Å²) in [5, 5.41) is 5.46. The van der Waals surface area contributed by atoms with Gasteiger partial charge in [-0.2, -0.15) is 4.98 Å². The first-order valence-corrected chi connectivity index (χ1v) is 16.3. The van der Waals surface area contributed by atoms with Crippen LogP contribution in [0, 0.1) is 6.92 Å². The average molecular weight is 633 g/mol. The van der Waals surface area contributed by atoms with Crippen molar-refractivity contribution in [2.75, 3.05) is 73.4 Å². The van der Waals surface area contributed by atoms with Crippen molar-refractivity contribution in [3.05, 3.63) is 45.8 Å². The molecule has 1 atom stereocenters. The second-order valence-electron chi connectivity index (χ2n) is 11.8. The maximum absolute atomic E-state index is 13.5. The number of likely N-dealkylation sites (N-methyl/N-ethyl adjacent to an activating group) is 1. The Hall–Kier alpha value is -4.23. The molecule has 3 aliphatic rings. The predicted molar refractivity (Wildman–Crippen MR) is 176 cm³/mol. The monoisotopic (exact) mass is 632 g/mol. The van der Waals surface area contributed by atoms with Gasteiger partial charge < -0.3 is 29.7 Å². The van der Waals surface area contributed by atoms with Gasteiger partial charge in [0.25, 0.3) is 0 Å². The number of carbonyl (C=O) groups is 3. The summed E-state index contributed by atoms with van der Waals surface area (Å²) in [7, 11) is 3.39. The van der Waals surface area contributed by atoms with E-state index >= 15 is 0 Å². The molecule has 0 saturated carbocycles. The Balaban J connectivity index is 1.25. The standard InChI is InChI=1S/C32H40N8O4S/c1-6-25-31(43)36(4)27-16-33-32(35-30(27)40(25)17-23-13-20(2)19-45-23)34-24-15-26-22(14-28(24)44-5)7-8-39(26)29(42)18-37-9-11-38(12-10-37)21(3)41/h13-16,19,25H,6-12,17-18H2,1-5H3,(H,33,34,35)/t25-/m1/s1. The van der Waals surface area contributed by atoms with Crippen molar-refractivity contribution < 1.29 is 19.1 Å². The number of aromatic nitrogens is 2. The van der Waals surface area contributed by atoms with Crippen molar-refractivity contribution in [3.8, 4) is 5.75 Å². The van der Waals surface area contributed by atoms with Crippen molar-refractivity contribution in [2.24, 2.45) is 0 Å². The first-order chi connectivity index (χ1) is 21.7. The van der Waals surface area contributed by atoms with Gasteiger partial charge in [-0.3, -0.25) is 19.3 Å². The number of nitrogens with zero attached hydrogens (tertiary/aromatic N) is 7. The molecule has 6 rings (SSSR count). The van der Waals surface area contributed by atoms with Crippen LogP contribution in [0.4, 0.5) is 28.8 Å². The number of carbonyl (C=O) groups excluding carboxylic acids is 3. The van der Waals surface area contributed by atoms with E-state index in [2.05, 4.69) is 38.5 Å². The Labute approximate surface area is 267 Å². The molecule has 3 amide bonds. The van der Waals surface area contributed by atoms with Gasteiger partial charge in [-0.25, -0.2) is 4.98 Å². The fourth-order valence-corrected chi connectivity index (χ4v) is 7.25. The maximum Gasteiger partial charge on any atom is 0.249 e. The number of hydrogen-bond donors (Lipinski definition) is 1. The lowest BCUT2D eigenvalue weighted by atomic mass is 10.1. The molecule has 5 heterocycles. The highest BCUT2D eigenvalue weighted by Gasteiger charge is 2.37. The van der Waals surface area contributed by atoms with Crippen LogP contribution in [0.2, 0.25) is 0 Å². The van der Waals surface area contributed by atoms with Crippen LogP contribution in [0.3, 0.4) is 0 Å². The molecule has 0 bridgehead atoms. The van der Waals surface area contributed by atoms with Crippen molar-refractivity contribution >= 4 is 57.9 Å². The first-order valence-electron chi connectivity index (χ1n) is 15.4. The van der Waals surface area contributed by atoms with Gasteiger partial charge in [0.15, 0.2) is 5.82 Å². The smallest absolute Gasteiger partial charge is 0.249 e. The van der Waals surface area contributed by atoms with Crippen LogP contribution in [0.5, 0.6) is 5.75 Å². The number of methoxy groups -OCH3 is 1. The fourth-order valence-electron chi connectivity index (χ4n) is 6.38. The third kappa shape index (κ3) is 6.06. The summed E-state index contributed by atoms with van der Waals surface area (Å²) >= 11 is 1.68. The van der Waals surface area contributed by atoms with Gasteiger partial charge >= 0.3 is 0 Å². The van der Waals surface area contributed by atoms with E-state index in [0.29, 0.717) is 81.1 Å². The number of aryl methyl sites for hydroxylation is 1. The summed E-state index contributed by atoms with van der Waals surface area (Å²) in [6.07, 6.45) is 3.07. The molecule has 2 aromatic heterocycles. The van der Waals surface area contributed by atoms with Gasteiger partial charge in [-0.05, 0) is 54.5 Å². The molecule has 0 spiro atoms. The molecule has 0 aliphatic carbocycles. The number of ether oxygens (including phenoxy) is 1. The lowest BCUT2D eigenvalue weighted by molar-refractivity contribution is -0.130. The Morgan fingerprint density at radius 2 is 1.89 bits per heavy atom. The Bertz CT molecular complexity index is 1620. The van der Waals surface area contributed by atoms with E-state index < -0.39 is 0 Å². The van der Waals surface area contributed by atoms with E-state index in [9.17, 15) is 14.4 Å². The number of anilines is 5. The minimum Gasteiger partial charge on any atom is -0.495 e. The van der Waals surface area contributed by atoms with E-state index in [-0.39, 0.29) is 23.8 Å². The molecule has 12 nitrogen and oxygen atoms in total. The summed E-state index contributed by atoms with van der Waals surface area (Å²) in [6.45, 7) is 9.78. The first kappa shape index (κ1) is 30.8. The third-order valence-corrected chi connectivity index (χ3v) is 9.93. The van der Waals surface area contributed by atoms with Crippen molar-refractivity contribution in [1.29, 1.82) is 0 Å². The van der Waals surface area contributed by atoms with Gasteiger partial charge in [0.2, 0.25) is 23.7 Å². The van der Waals surface area contributed by atoms with Gasteiger partial charge in [0.1, 0.15) is 17.5 Å². The highest BCUT2D eigenvalue weighted by atomic mass is 32.1. The number of hydrogen-bond acceptors (Lipinski definition) is 10. The molecule has 0 radical (unpaired) electrons. The largest absolute Gasteiger partial charge is 0.495 e. The lowest BCUT2D eigenvalue weighted by Crippen LogP contribution is -2.52. The number of piperazine rings is 1. The number of rotatable bonds is 8. The molecule has 238 valence electrons. The SMILES string of the molecule is CC[C@@H]1C(=O)N(C)c2cnc(Nc3cc4c(cc3OC)CCN4C(=O)CN3CCN(C(C)=O)CC3)nc2N1Cc1cc(C)cs1. The van der Waals surface area contributed by atoms with E-state index in [4.69, 9.17) is 9.72 Å². The molecule has 0 unspecified atom stereocenters. The molecule has 1 aromatic carbocycles. The van der Waals surface area contributed by atoms with Crippen LogP contribution in [-0.2, 0) is 27.3 Å². The highest BCUT2D eigenvalue weighted by Crippen LogP contribution is 2.40. The molecule has 45 heavy (non-hydrogen) atoms. The fraction of sp³-hybridized carbons (Fsp3) is 0.469. The van der Waals surface area contributed by atoms with E-state index in [1.165, 1.54) is 5.56 Å². The van der Waals surface area contributed by atoms with Gasteiger partial charge in [-0.1, -0.05) is 6.92 Å². The Morgan fingerprint density at radius 3 is 2.56 bits per heavy atom. The van der Waals surface area contributed by atoms with Crippen molar-refractivity contribution in [3.63, 3.8) is 0 Å². The van der Waals surface area contributed by atoms with Crippen LogP contribution >= 0.6 is 11.3 Å². The predicted octanol–water partition coefficient (Wildman–Crippen LogP) is 3.41. The van der Waals surface area contributed by atoms with Crippen LogP contribution in [0.1, 0.15) is 36.3 Å². The lowest BCUT2D eigenvalue weighted by Gasteiger charge is -2.40. The molecule has 13 heteroatoms. The van der Waals surface area contributed by atoms with Gasteiger partial charge in [0.05, 0.1) is 32.1 Å². The number of nitrogens with one attached hydrogen (secondary N) is 1. The van der Waals surface area contributed by atoms with Gasteiger partial charge in [-0.15, -0.1) is 11.3 Å². The molecule has 1 saturated heterocycles. The van der Waals surface area contributed by atoms with E-state index in [1.54, 1.807) is 43.5 Å². The molecular formula is C32H40N8O4S. The maximum atomic E-state index is 13.5. The number of thiophene rings is 1. The summed E-state index contributed by atoms with van der Waals surface area (Å²) in [6, 6.07) is 5.72. The normalized spacial score (nSPS) is 18.2. The summed E-state index contributed by atoms with van der Waals surface area (Å²) in [4.78, 5) is 58.6. The molecule has 3 aliphatic heterocycles. The zero-order chi connectivity index (χ0) is 31.8. The zero-order valence-electron chi connectivity index (χ0n) is 26.5. The Morgan fingerprint density at radius 1 is 1.11 bits per heavy atom. The number of amides is 3. The minimum atomic E-state index is -0.341. The van der Waals surface area contributed by atoms with Crippen LogP contribution in [0.25, 0.3) is 0 Å². The molecular weight excluding hydrogens is 592 g/mol. The second-order valence-corrected chi connectivity index (χ2v) is 12.8. The van der Waals surface area contributed by atoms with Crippen LogP contribution in [-0.4, -0.2) is 97.0 Å². The molecule has 1 fully saturated rings. The minimum absolute atomic E-state index is 0.0216. The second kappa shape index (κ2) is 12.6. The molecule has 1 N–H and O–H groups in total. The van der Waals surface area contributed by atoms with E-state index in [1.807, 2.05) is 28.9 Å². The van der Waals surface area contributed by atoms with Crippen molar-refractivity contribution in [2.45, 2.75) is 46.2 Å². The number of fused-ring (bicyclic) bond motifs is 2. The third-order valence-electron chi connectivity index (χ3n) is 8.89. The van der Waals surface area contributed by atoms with E-state index in [0.717, 1.165) is 22.5 Å². The van der Waals surface area contributed by atoms with Crippen molar-refractivity contribution in [1.82, 2.24) is 19.8 Å². The van der Waals surface area contributed by atoms with Crippen LogP contribution in [0.15, 0.2) is 29.8 Å². The highest BCUT2D eigenvalue weighted by molar-refractivity contribution is 7.10. The topological polar surface area (TPSA) is 114 Å². The molecule has 3 aromatic rings. The number of benzene rings is 1. The summed E-state index contributed by atoms with van der Waals surface area (Å²) in [5.74, 6) is 1.82. The zero-order valence-corrected chi connectivity index (χ0v) is 27.3. The Kier molecular flexibility index (Phi) is 8.65.